The molecule has 1 aliphatic heterocycles. The number of allylic oxidation sites excluding steroid dienone is 2. The maximum absolute atomic E-state index is 10.3. The van der Waals surface area contributed by atoms with Crippen molar-refractivity contribution < 1.29 is 87.6 Å². The van der Waals surface area contributed by atoms with Crippen LogP contribution < -0.4 is 56.1 Å². The van der Waals surface area contributed by atoms with E-state index >= 15 is 0 Å². The first-order valence-electron chi connectivity index (χ1n) is 4.90. The molecule has 0 aromatic heterocycles. The van der Waals surface area contributed by atoms with E-state index in [0.29, 0.717) is 0 Å². The van der Waals surface area contributed by atoms with Gasteiger partial charge < -0.3 is 26.6 Å². The summed E-state index contributed by atoms with van der Waals surface area (Å²) < 4.78 is 2.93. The van der Waals surface area contributed by atoms with E-state index in [0.717, 1.165) is 0 Å². The molecular formula is C10H14KNO7S. The van der Waals surface area contributed by atoms with Crippen LogP contribution in [-0.4, -0.2) is 43.9 Å². The van der Waals surface area contributed by atoms with Crippen molar-refractivity contribution in [3.63, 3.8) is 0 Å². The molecule has 1 aliphatic rings. The van der Waals surface area contributed by atoms with Crippen LogP contribution in [0.15, 0.2) is 23.8 Å². The van der Waals surface area contributed by atoms with Crippen molar-refractivity contribution >= 4 is 29.9 Å². The van der Waals surface area contributed by atoms with Crippen molar-refractivity contribution in [1.29, 1.82) is 0 Å². The maximum Gasteiger partial charge on any atom is 1.00 e. The SMILES string of the molecule is C1=CNSC=C1.O=C(O)CC(O)(CC(=O)O)C(=O)O.[H-].[K+]. The number of carboxylic acid groups (broad SMARTS) is 3. The van der Waals surface area contributed by atoms with Crippen LogP contribution in [0.5, 0.6) is 0 Å². The Hall–Kier alpha value is -0.364. The summed E-state index contributed by atoms with van der Waals surface area (Å²) in [6, 6.07) is 0. The Morgan fingerprint density at radius 3 is 1.75 bits per heavy atom. The van der Waals surface area contributed by atoms with Crippen molar-refractivity contribution in [2.24, 2.45) is 0 Å². The van der Waals surface area contributed by atoms with Crippen LogP contribution in [-0.2, 0) is 14.4 Å². The van der Waals surface area contributed by atoms with Gasteiger partial charge in [0.15, 0.2) is 5.60 Å². The van der Waals surface area contributed by atoms with E-state index < -0.39 is 36.4 Å². The van der Waals surface area contributed by atoms with E-state index in [9.17, 15) is 14.4 Å². The van der Waals surface area contributed by atoms with Gasteiger partial charge in [-0.25, -0.2) is 4.79 Å². The number of rotatable bonds is 5. The molecule has 10 heteroatoms. The molecular weight excluding hydrogens is 317 g/mol. The fourth-order valence-corrected chi connectivity index (χ4v) is 1.38. The van der Waals surface area contributed by atoms with Gasteiger partial charge in [0.1, 0.15) is 0 Å². The molecule has 0 aromatic rings. The Morgan fingerprint density at radius 1 is 1.10 bits per heavy atom. The largest absolute Gasteiger partial charge is 1.00 e. The van der Waals surface area contributed by atoms with Crippen molar-refractivity contribution in [2.45, 2.75) is 18.4 Å². The Bertz CT molecular complexity index is 388. The molecule has 0 saturated heterocycles. The summed E-state index contributed by atoms with van der Waals surface area (Å²) in [5.74, 6) is -5.02. The van der Waals surface area contributed by atoms with E-state index in [2.05, 4.69) is 4.72 Å². The van der Waals surface area contributed by atoms with Gasteiger partial charge in [-0.15, -0.1) is 0 Å². The molecule has 0 atom stereocenters. The number of hydrogen-bond acceptors (Lipinski definition) is 6. The second kappa shape index (κ2) is 11.3. The van der Waals surface area contributed by atoms with Crippen molar-refractivity contribution in [3.8, 4) is 0 Å². The summed E-state index contributed by atoms with van der Waals surface area (Å²) in [4.78, 5) is 30.5. The van der Waals surface area contributed by atoms with Crippen LogP contribution in [0.25, 0.3) is 0 Å². The Balaban J connectivity index is -0.000000342. The maximum atomic E-state index is 10.3. The number of nitrogens with one attached hydrogen (secondary N) is 1. The molecule has 0 unspecified atom stereocenters. The third-order valence-electron chi connectivity index (χ3n) is 1.78. The molecule has 0 amide bonds. The second-order valence-electron chi connectivity index (χ2n) is 3.40. The average molecular weight is 331 g/mol. The molecule has 1 rings (SSSR count). The van der Waals surface area contributed by atoms with E-state index in [1.54, 1.807) is 11.9 Å². The van der Waals surface area contributed by atoms with E-state index in [1.807, 2.05) is 23.8 Å². The molecule has 8 nitrogen and oxygen atoms in total. The standard InChI is InChI=1S/C6H8O7.C4H5NS.K.H/c7-3(8)1-6(13,5(11)12)2-4(9)10;1-2-4-6-5-3-1;;/h13H,1-2H2,(H,7,8)(H,9,10)(H,11,12);1-5H;;/q;;+1;-1. The van der Waals surface area contributed by atoms with Gasteiger partial charge in [-0.1, -0.05) is 6.08 Å². The molecule has 0 aromatic carbocycles. The number of aliphatic hydroxyl groups is 1. The van der Waals surface area contributed by atoms with Gasteiger partial charge in [-0.2, -0.15) is 0 Å². The van der Waals surface area contributed by atoms with Gasteiger partial charge in [0.05, 0.1) is 12.8 Å². The molecule has 0 spiro atoms. The van der Waals surface area contributed by atoms with Crippen LogP contribution in [0.4, 0.5) is 0 Å². The Morgan fingerprint density at radius 2 is 1.60 bits per heavy atom. The zero-order valence-electron chi connectivity index (χ0n) is 11.6. The van der Waals surface area contributed by atoms with Crippen molar-refractivity contribution in [3.05, 3.63) is 23.8 Å². The predicted octanol–water partition coefficient (Wildman–Crippen LogP) is -2.87. The summed E-state index contributed by atoms with van der Waals surface area (Å²) in [6.07, 6.45) is 3.55. The molecule has 20 heavy (non-hydrogen) atoms. The Kier molecular flexibility index (Phi) is 12.4. The Labute approximate surface area is 163 Å². The summed E-state index contributed by atoms with van der Waals surface area (Å²) in [6.45, 7) is 0. The monoisotopic (exact) mass is 331 g/mol. The van der Waals surface area contributed by atoms with Gasteiger partial charge in [0, 0.05) is 6.20 Å². The molecule has 0 radical (unpaired) electrons. The fraction of sp³-hybridized carbons (Fsp3) is 0.300. The second-order valence-corrected chi connectivity index (χ2v) is 4.14. The van der Waals surface area contributed by atoms with Crippen LogP contribution in [0.3, 0.4) is 0 Å². The third-order valence-corrected chi connectivity index (χ3v) is 2.34. The number of aliphatic carboxylic acids is 3. The van der Waals surface area contributed by atoms with Gasteiger partial charge in [-0.05, 0) is 23.4 Å². The minimum absolute atomic E-state index is 0. The third kappa shape index (κ3) is 10.4. The summed E-state index contributed by atoms with van der Waals surface area (Å²) in [5.41, 5.74) is -2.74. The zero-order chi connectivity index (χ0) is 14.9. The first-order valence-corrected chi connectivity index (χ1v) is 5.78. The van der Waals surface area contributed by atoms with E-state index in [4.69, 9.17) is 20.4 Å². The minimum Gasteiger partial charge on any atom is -1.00 e. The smallest absolute Gasteiger partial charge is 1.00 e. The quantitative estimate of drug-likeness (QED) is 0.265. The van der Waals surface area contributed by atoms with Crippen LogP contribution in [0, 0.1) is 0 Å². The summed E-state index contributed by atoms with van der Waals surface area (Å²) in [5, 5.41) is 35.8. The van der Waals surface area contributed by atoms with Gasteiger partial charge in [0.2, 0.25) is 0 Å². The van der Waals surface area contributed by atoms with Crippen molar-refractivity contribution in [2.75, 3.05) is 0 Å². The minimum atomic E-state index is -2.74. The summed E-state index contributed by atoms with van der Waals surface area (Å²) in [7, 11) is 0. The van der Waals surface area contributed by atoms with E-state index in [1.165, 1.54) is 0 Å². The fourth-order valence-electron chi connectivity index (χ4n) is 0.972. The van der Waals surface area contributed by atoms with Crippen LogP contribution >= 0.6 is 11.9 Å². The summed E-state index contributed by atoms with van der Waals surface area (Å²) >= 11 is 1.58. The zero-order valence-corrected chi connectivity index (χ0v) is 14.6. The molecule has 108 valence electrons. The number of carbonyl (C=O) groups is 3. The predicted molar refractivity (Wildman–Crippen MR) is 67.2 cm³/mol. The van der Waals surface area contributed by atoms with Gasteiger partial charge in [-0.3, -0.25) is 9.59 Å². The molecule has 1 heterocycles. The topological polar surface area (TPSA) is 144 Å². The molecule has 0 fully saturated rings. The normalized spacial score (nSPS) is 12.2. The van der Waals surface area contributed by atoms with Gasteiger partial charge >= 0.3 is 69.3 Å². The molecule has 0 saturated carbocycles. The van der Waals surface area contributed by atoms with E-state index in [-0.39, 0.29) is 52.8 Å². The molecule has 5 N–H and O–H groups in total. The van der Waals surface area contributed by atoms with Crippen molar-refractivity contribution in [1.82, 2.24) is 4.72 Å². The average Bonchev–Trinajstić information content (AvgIpc) is 2.29. The molecule has 0 bridgehead atoms. The number of carboxylic acids is 3. The first kappa shape index (κ1) is 21.9. The number of hydrogen-bond donors (Lipinski definition) is 5. The van der Waals surface area contributed by atoms with Crippen LogP contribution in [0.2, 0.25) is 0 Å². The van der Waals surface area contributed by atoms with Crippen LogP contribution in [0.1, 0.15) is 14.3 Å². The van der Waals surface area contributed by atoms with Gasteiger partial charge in [0.25, 0.3) is 0 Å². The first-order chi connectivity index (χ1) is 8.78. The molecule has 0 aliphatic carbocycles.